The number of hydrogen-bond donors (Lipinski definition) is 1. The molecule has 3 aliphatic heterocycles. The number of fused-ring (bicyclic) bond motifs is 1. The number of thioether (sulfide) groups is 1. The third kappa shape index (κ3) is 6.83. The first-order valence-corrected chi connectivity index (χ1v) is 13.7. The Morgan fingerprint density at radius 3 is 2.36 bits per heavy atom. The van der Waals surface area contributed by atoms with E-state index in [-0.39, 0.29) is 36.1 Å². The van der Waals surface area contributed by atoms with Crippen molar-refractivity contribution in [3.63, 3.8) is 0 Å². The van der Waals surface area contributed by atoms with E-state index < -0.39 is 40.6 Å². The number of carbonyl (C=O) groups excluding carboxylic acids is 3. The van der Waals surface area contributed by atoms with E-state index in [2.05, 4.69) is 23.4 Å². The Hall–Kier alpha value is -1.60. The number of hydrazine groups is 1. The Labute approximate surface area is 248 Å². The maximum atomic E-state index is 13.5. The fourth-order valence-corrected chi connectivity index (χ4v) is 6.70. The van der Waals surface area contributed by atoms with Gasteiger partial charge in [0, 0.05) is 13.2 Å². The molecule has 0 saturated carbocycles. The van der Waals surface area contributed by atoms with Crippen LogP contribution in [0.3, 0.4) is 0 Å². The van der Waals surface area contributed by atoms with Gasteiger partial charge in [0.25, 0.3) is 6.04 Å². The fourth-order valence-electron chi connectivity index (χ4n) is 4.94. The van der Waals surface area contributed by atoms with E-state index in [1.165, 1.54) is 16.7 Å². The van der Waals surface area contributed by atoms with Gasteiger partial charge < -0.3 is 19.9 Å². The van der Waals surface area contributed by atoms with Crippen molar-refractivity contribution in [3.8, 4) is 0 Å². The Morgan fingerprint density at radius 1 is 1.21 bits per heavy atom. The molecule has 3 fully saturated rings. The summed E-state index contributed by atoms with van der Waals surface area (Å²) < 4.78 is 17.1. The lowest BCUT2D eigenvalue weighted by Crippen LogP contribution is -2.75. The second-order valence-corrected chi connectivity index (χ2v) is 13.0. The lowest BCUT2D eigenvalue weighted by molar-refractivity contribution is -0.711. The summed E-state index contributed by atoms with van der Waals surface area (Å²) in [4.78, 5) is 44.4. The predicted octanol–water partition coefficient (Wildman–Crippen LogP) is 2.08. The van der Waals surface area contributed by atoms with Crippen molar-refractivity contribution in [1.82, 2.24) is 9.91 Å². The zero-order valence-electron chi connectivity index (χ0n) is 23.6. The number of hydrazone groups is 1. The number of nitrogens with zero attached hydrogens (tertiary/aromatic N) is 4. The van der Waals surface area contributed by atoms with Gasteiger partial charge in [-0.05, 0) is 73.1 Å². The van der Waals surface area contributed by atoms with Gasteiger partial charge in [-0.1, -0.05) is 0 Å². The molecular weight excluding hydrogens is 569 g/mol. The molecule has 0 bridgehead atoms. The molecule has 0 aliphatic carbocycles. The number of amides is 1. The number of β-lactam (4-membered cyclic amide) rings is 1. The van der Waals surface area contributed by atoms with Crippen LogP contribution in [-0.2, 0) is 28.6 Å². The van der Waals surface area contributed by atoms with E-state index in [9.17, 15) is 14.4 Å². The zero-order chi connectivity index (χ0) is 27.6. The van der Waals surface area contributed by atoms with Gasteiger partial charge in [-0.25, -0.2) is 4.79 Å². The van der Waals surface area contributed by atoms with Crippen LogP contribution in [0.2, 0.25) is 0 Å². The molecule has 0 radical (unpaired) electrons. The van der Waals surface area contributed by atoms with Crippen LogP contribution in [-0.4, -0.2) is 107 Å². The van der Waals surface area contributed by atoms with Crippen LogP contribution >= 0.6 is 36.6 Å². The predicted molar refractivity (Wildman–Crippen MR) is 156 cm³/mol. The quantitative estimate of drug-likeness (QED) is 0.0931. The molecule has 224 valence electrons. The summed E-state index contributed by atoms with van der Waals surface area (Å²) in [5.74, 6) is -1.07. The van der Waals surface area contributed by atoms with Crippen molar-refractivity contribution in [3.05, 3.63) is 0 Å². The number of halogens is 2. The molecule has 3 heterocycles. The molecule has 3 atom stereocenters. The van der Waals surface area contributed by atoms with Crippen LogP contribution in [0.25, 0.3) is 0 Å². The number of piperidine rings is 1. The van der Waals surface area contributed by atoms with Crippen LogP contribution < -0.4 is 5.73 Å². The van der Waals surface area contributed by atoms with Crippen LogP contribution in [0.5, 0.6) is 0 Å². The number of hydrogen-bond acceptors (Lipinski definition) is 10. The highest BCUT2D eigenvalue weighted by Gasteiger charge is 2.77. The molecule has 3 saturated heterocycles. The lowest BCUT2D eigenvalue weighted by Gasteiger charge is -2.46. The van der Waals surface area contributed by atoms with E-state index in [4.69, 9.17) is 19.9 Å². The third-order valence-electron chi connectivity index (χ3n) is 7.25. The molecule has 0 aromatic heterocycles. The Morgan fingerprint density at radius 2 is 1.82 bits per heavy atom. The maximum absolute atomic E-state index is 13.5. The van der Waals surface area contributed by atoms with Crippen molar-refractivity contribution >= 4 is 67.9 Å². The molecule has 14 heteroatoms. The second-order valence-electron chi connectivity index (χ2n) is 11.3. The molecule has 0 aromatic rings. The van der Waals surface area contributed by atoms with Crippen LogP contribution in [0.4, 0.5) is 0 Å². The number of carbonyl (C=O) groups is 3. The van der Waals surface area contributed by atoms with E-state index >= 15 is 0 Å². The zero-order valence-corrected chi connectivity index (χ0v) is 26.0. The molecule has 1 amide bonds. The molecular formula is C25H44Cl2N5O6S+. The first kappa shape index (κ1) is 35.4. The van der Waals surface area contributed by atoms with Gasteiger partial charge in [0.05, 0.1) is 23.3 Å². The largest absolute Gasteiger partial charge is 0.427 e. The Balaban J connectivity index is 0.00000380. The molecule has 0 aromatic carbocycles. The van der Waals surface area contributed by atoms with Gasteiger partial charge in [0.15, 0.2) is 12.1 Å². The van der Waals surface area contributed by atoms with E-state index in [1.807, 2.05) is 13.8 Å². The monoisotopic (exact) mass is 612 g/mol. The summed E-state index contributed by atoms with van der Waals surface area (Å²) in [7, 11) is 0. The number of aliphatic imine (C=N–C) groups is 1. The average molecular weight is 614 g/mol. The molecule has 0 unspecified atom stereocenters. The van der Waals surface area contributed by atoms with Crippen molar-refractivity contribution in [2.24, 2.45) is 22.1 Å². The van der Waals surface area contributed by atoms with Gasteiger partial charge in [0.1, 0.15) is 0 Å². The lowest BCUT2D eigenvalue weighted by atomic mass is 9.89. The van der Waals surface area contributed by atoms with Gasteiger partial charge >= 0.3 is 17.8 Å². The topological polar surface area (TPSA) is 127 Å². The average Bonchev–Trinajstić information content (AvgIpc) is 3.05. The van der Waals surface area contributed by atoms with Gasteiger partial charge in [-0.15, -0.1) is 41.3 Å². The van der Waals surface area contributed by atoms with Gasteiger partial charge in [-0.2, -0.15) is 5.01 Å². The summed E-state index contributed by atoms with van der Waals surface area (Å²) >= 11 is 1.47. The van der Waals surface area contributed by atoms with Crippen molar-refractivity contribution in [1.29, 1.82) is 0 Å². The highest BCUT2D eigenvalue weighted by Crippen LogP contribution is 2.58. The van der Waals surface area contributed by atoms with Crippen molar-refractivity contribution in [2.45, 2.75) is 75.7 Å². The molecule has 11 nitrogen and oxygen atoms in total. The molecule has 39 heavy (non-hydrogen) atoms. The summed E-state index contributed by atoms with van der Waals surface area (Å²) in [6.07, 6.45) is 2.75. The minimum atomic E-state index is -1.64. The number of esters is 2. The Bertz CT molecular complexity index is 925. The summed E-state index contributed by atoms with van der Waals surface area (Å²) in [6, 6.07) is -0.531. The first-order valence-electron chi connectivity index (χ1n) is 12.8. The summed E-state index contributed by atoms with van der Waals surface area (Å²) in [6.45, 7) is 19.6. The first-order chi connectivity index (χ1) is 17.3. The molecule has 3 aliphatic rings. The molecule has 0 spiro atoms. The number of rotatable bonds is 11. The Kier molecular flexibility index (Phi) is 12.6. The van der Waals surface area contributed by atoms with E-state index in [0.717, 1.165) is 32.4 Å². The van der Waals surface area contributed by atoms with E-state index in [1.54, 1.807) is 25.5 Å². The highest BCUT2D eigenvalue weighted by molar-refractivity contribution is 8.01. The molecule has 3 rings (SSSR count). The minimum Gasteiger partial charge on any atom is -0.427 e. The van der Waals surface area contributed by atoms with Crippen molar-refractivity contribution < 1.29 is 33.3 Å². The van der Waals surface area contributed by atoms with Crippen LogP contribution in [0, 0.1) is 11.3 Å². The third-order valence-corrected chi connectivity index (χ3v) is 8.83. The van der Waals surface area contributed by atoms with Gasteiger partial charge in [0.2, 0.25) is 12.5 Å². The SMILES string of the molecule is C=N[C@@]1(C(=O)OCOC(=O)C(C)(C)C)N2C(=O)[C@@H]([N+](=C)N3CCC(COCCCN)CC3)[C@H]2SC1(C)C.Cl.Cl. The van der Waals surface area contributed by atoms with Crippen LogP contribution in [0.1, 0.15) is 53.9 Å². The van der Waals surface area contributed by atoms with Crippen molar-refractivity contribution in [2.75, 3.05) is 39.6 Å². The number of nitrogens with two attached hydrogens (primary N) is 1. The van der Waals surface area contributed by atoms with E-state index in [0.29, 0.717) is 25.7 Å². The van der Waals surface area contributed by atoms with Crippen LogP contribution in [0.15, 0.2) is 4.99 Å². The number of ether oxygens (including phenoxy) is 3. The molecule has 2 N–H and O–H groups in total. The highest BCUT2D eigenvalue weighted by atomic mass is 35.5. The smallest absolute Gasteiger partial charge is 0.359 e. The summed E-state index contributed by atoms with van der Waals surface area (Å²) in [5.41, 5.74) is 3.14. The van der Waals surface area contributed by atoms with Gasteiger partial charge in [-0.3, -0.25) is 19.5 Å². The summed E-state index contributed by atoms with van der Waals surface area (Å²) in [5, 5.41) is 1.74. The fraction of sp³-hybridized carbons (Fsp3) is 0.800. The second kappa shape index (κ2) is 13.8. The normalized spacial score (nSPS) is 25.9. The maximum Gasteiger partial charge on any atom is 0.359 e. The minimum absolute atomic E-state index is 0. The standard InChI is InChI=1S/C25H42N5O6S.2ClH/c1-23(2,3)21(32)35-16-36-22(33)25(27-6)24(4,5)37-20-18(19(31)30(20)25)28(7)29-12-9-17(10-13-29)15-34-14-8-11-26;;/h17-18,20H,6-16,26H2,1-5H3;2*1H/q+1;;/t18-,20-,25+;;/m1../s1.